The van der Waals surface area contributed by atoms with Gasteiger partial charge in [0.2, 0.25) is 0 Å². The third-order valence-electron chi connectivity index (χ3n) is 2.14. The van der Waals surface area contributed by atoms with Crippen LogP contribution >= 0.6 is 23.5 Å². The van der Waals surface area contributed by atoms with Gasteiger partial charge in [0.05, 0.1) is 0 Å². The minimum absolute atomic E-state index is 0.273. The molecule has 1 aromatic heterocycles. The lowest BCUT2D eigenvalue weighted by Crippen LogP contribution is -2.08. The Labute approximate surface area is 117 Å². The maximum absolute atomic E-state index is 8.66. The van der Waals surface area contributed by atoms with Crippen molar-refractivity contribution in [1.29, 1.82) is 0 Å². The molecule has 0 atom stereocenters. The summed E-state index contributed by atoms with van der Waals surface area (Å²) < 4.78 is 0. The standard InChI is InChI=1S/C11H20N4OS2/c1-12-9-8-10(15-11(14-9)17-2)13-4-7-18-6-3-5-16/h8,16H,3-7H2,1-2H3,(H2,12,13,14,15). The zero-order valence-corrected chi connectivity index (χ0v) is 12.4. The van der Waals surface area contributed by atoms with Crippen molar-refractivity contribution in [2.45, 2.75) is 11.6 Å². The second kappa shape index (κ2) is 9.29. The number of rotatable bonds is 9. The average molecular weight is 288 g/mol. The van der Waals surface area contributed by atoms with Crippen molar-refractivity contribution in [2.24, 2.45) is 0 Å². The highest BCUT2D eigenvalue weighted by molar-refractivity contribution is 7.99. The Bertz CT molecular complexity index is 330. The number of nitrogens with one attached hydrogen (secondary N) is 2. The molecule has 0 fully saturated rings. The van der Waals surface area contributed by atoms with Crippen molar-refractivity contribution in [2.75, 3.05) is 48.6 Å². The summed E-state index contributed by atoms with van der Waals surface area (Å²) in [5.41, 5.74) is 0. The van der Waals surface area contributed by atoms with Crippen molar-refractivity contribution in [3.8, 4) is 0 Å². The molecule has 1 aromatic rings. The van der Waals surface area contributed by atoms with Gasteiger partial charge in [0, 0.05) is 32.0 Å². The van der Waals surface area contributed by atoms with E-state index in [-0.39, 0.29) is 6.61 Å². The van der Waals surface area contributed by atoms with Gasteiger partial charge >= 0.3 is 0 Å². The predicted octanol–water partition coefficient (Wildman–Crippen LogP) is 1.77. The zero-order chi connectivity index (χ0) is 13.2. The van der Waals surface area contributed by atoms with Gasteiger partial charge in [-0.1, -0.05) is 11.8 Å². The van der Waals surface area contributed by atoms with Crippen LogP contribution in [0.2, 0.25) is 0 Å². The molecule has 102 valence electrons. The van der Waals surface area contributed by atoms with E-state index >= 15 is 0 Å². The molecule has 0 aliphatic heterocycles. The number of thioether (sulfide) groups is 2. The number of aliphatic hydroxyl groups is 1. The first-order valence-corrected chi connectivity index (χ1v) is 8.21. The predicted molar refractivity (Wildman–Crippen MR) is 80.9 cm³/mol. The fourth-order valence-electron chi connectivity index (χ4n) is 1.25. The molecule has 0 bridgehead atoms. The highest BCUT2D eigenvalue weighted by atomic mass is 32.2. The quantitative estimate of drug-likeness (QED) is 0.363. The van der Waals surface area contributed by atoms with E-state index < -0.39 is 0 Å². The lowest BCUT2D eigenvalue weighted by atomic mass is 10.5. The van der Waals surface area contributed by atoms with Gasteiger partial charge in [-0.05, 0) is 18.4 Å². The highest BCUT2D eigenvalue weighted by Crippen LogP contribution is 2.16. The molecule has 0 radical (unpaired) electrons. The fraction of sp³-hybridized carbons (Fsp3) is 0.636. The average Bonchev–Trinajstić information content (AvgIpc) is 2.42. The smallest absolute Gasteiger partial charge is 0.191 e. The van der Waals surface area contributed by atoms with E-state index in [0.29, 0.717) is 0 Å². The van der Waals surface area contributed by atoms with Gasteiger partial charge in [0.25, 0.3) is 0 Å². The Kier molecular flexibility index (Phi) is 7.95. The van der Waals surface area contributed by atoms with Gasteiger partial charge in [0.15, 0.2) is 5.16 Å². The molecule has 0 amide bonds. The van der Waals surface area contributed by atoms with Crippen molar-refractivity contribution >= 4 is 35.2 Å². The largest absolute Gasteiger partial charge is 0.396 e. The Morgan fingerprint density at radius 2 is 2.06 bits per heavy atom. The van der Waals surface area contributed by atoms with E-state index in [1.165, 1.54) is 11.8 Å². The van der Waals surface area contributed by atoms with E-state index in [2.05, 4.69) is 20.6 Å². The summed E-state index contributed by atoms with van der Waals surface area (Å²) in [6, 6.07) is 1.90. The first-order chi connectivity index (χ1) is 8.80. The molecule has 18 heavy (non-hydrogen) atoms. The summed E-state index contributed by atoms with van der Waals surface area (Å²) >= 11 is 3.36. The molecule has 0 aromatic carbocycles. The molecular formula is C11H20N4OS2. The van der Waals surface area contributed by atoms with Crippen LogP contribution in [0.5, 0.6) is 0 Å². The lowest BCUT2D eigenvalue weighted by Gasteiger charge is -2.08. The first kappa shape index (κ1) is 15.4. The second-order valence-electron chi connectivity index (χ2n) is 3.49. The van der Waals surface area contributed by atoms with Gasteiger partial charge in [-0.2, -0.15) is 11.8 Å². The van der Waals surface area contributed by atoms with E-state index in [1.807, 2.05) is 31.1 Å². The summed E-state index contributed by atoms with van der Waals surface area (Å²) in [5, 5.41) is 15.7. The summed E-state index contributed by atoms with van der Waals surface area (Å²) in [6.07, 6.45) is 2.82. The molecule has 0 unspecified atom stereocenters. The molecule has 0 saturated heterocycles. The fourth-order valence-corrected chi connectivity index (χ4v) is 2.42. The van der Waals surface area contributed by atoms with Gasteiger partial charge in [-0.15, -0.1) is 0 Å². The third-order valence-corrected chi connectivity index (χ3v) is 3.76. The Morgan fingerprint density at radius 1 is 1.28 bits per heavy atom. The van der Waals surface area contributed by atoms with Crippen LogP contribution in [0.15, 0.2) is 11.2 Å². The summed E-state index contributed by atoms with van der Waals surface area (Å²) in [7, 11) is 1.85. The van der Waals surface area contributed by atoms with Gasteiger partial charge in [-0.25, -0.2) is 9.97 Å². The number of aliphatic hydroxyl groups excluding tert-OH is 1. The Hall–Kier alpha value is -0.660. The van der Waals surface area contributed by atoms with Crippen LogP contribution in [0, 0.1) is 0 Å². The topological polar surface area (TPSA) is 70.1 Å². The van der Waals surface area contributed by atoms with Crippen LogP contribution in [0.25, 0.3) is 0 Å². The number of aromatic nitrogens is 2. The normalized spacial score (nSPS) is 10.4. The van der Waals surface area contributed by atoms with Crippen molar-refractivity contribution < 1.29 is 5.11 Å². The van der Waals surface area contributed by atoms with E-state index in [9.17, 15) is 0 Å². The van der Waals surface area contributed by atoms with Gasteiger partial charge < -0.3 is 15.7 Å². The van der Waals surface area contributed by atoms with Crippen LogP contribution in [0.1, 0.15) is 6.42 Å². The van der Waals surface area contributed by atoms with Crippen LogP contribution in [0.3, 0.4) is 0 Å². The summed E-state index contributed by atoms with van der Waals surface area (Å²) in [6.45, 7) is 1.14. The van der Waals surface area contributed by atoms with Crippen LogP contribution in [-0.2, 0) is 0 Å². The first-order valence-electron chi connectivity index (χ1n) is 5.83. The van der Waals surface area contributed by atoms with Crippen LogP contribution in [-0.4, -0.2) is 53.0 Å². The molecular weight excluding hydrogens is 268 g/mol. The number of nitrogens with zero attached hydrogens (tertiary/aromatic N) is 2. The third kappa shape index (κ3) is 5.79. The molecule has 5 nitrogen and oxygen atoms in total. The van der Waals surface area contributed by atoms with E-state index in [1.54, 1.807) is 0 Å². The van der Waals surface area contributed by atoms with Crippen LogP contribution < -0.4 is 10.6 Å². The van der Waals surface area contributed by atoms with Crippen LogP contribution in [0.4, 0.5) is 11.6 Å². The molecule has 0 saturated carbocycles. The number of hydrogen-bond acceptors (Lipinski definition) is 7. The van der Waals surface area contributed by atoms with Crippen molar-refractivity contribution in [3.05, 3.63) is 6.07 Å². The zero-order valence-electron chi connectivity index (χ0n) is 10.8. The molecule has 1 rings (SSSR count). The summed E-state index contributed by atoms with van der Waals surface area (Å²) in [5.74, 6) is 3.68. The Balaban J connectivity index is 2.36. The van der Waals surface area contributed by atoms with Gasteiger partial charge in [0.1, 0.15) is 11.6 Å². The maximum Gasteiger partial charge on any atom is 0.191 e. The molecule has 3 N–H and O–H groups in total. The second-order valence-corrected chi connectivity index (χ2v) is 5.49. The SMILES string of the molecule is CNc1cc(NCCSCCCO)nc(SC)n1. The van der Waals surface area contributed by atoms with Gasteiger partial charge in [-0.3, -0.25) is 0 Å². The molecule has 1 heterocycles. The number of anilines is 2. The molecule has 0 spiro atoms. The van der Waals surface area contributed by atoms with Crippen molar-refractivity contribution in [1.82, 2.24) is 9.97 Å². The molecule has 0 aliphatic carbocycles. The monoisotopic (exact) mass is 288 g/mol. The minimum atomic E-state index is 0.273. The number of hydrogen-bond donors (Lipinski definition) is 3. The van der Waals surface area contributed by atoms with E-state index in [0.717, 1.165) is 41.3 Å². The van der Waals surface area contributed by atoms with E-state index in [4.69, 9.17) is 5.11 Å². The molecule has 0 aliphatic rings. The van der Waals surface area contributed by atoms with Crippen molar-refractivity contribution in [3.63, 3.8) is 0 Å². The minimum Gasteiger partial charge on any atom is -0.396 e. The summed E-state index contributed by atoms with van der Waals surface area (Å²) in [4.78, 5) is 8.69. The highest BCUT2D eigenvalue weighted by Gasteiger charge is 2.02. The maximum atomic E-state index is 8.66. The molecule has 7 heteroatoms. The Morgan fingerprint density at radius 3 is 2.72 bits per heavy atom. The lowest BCUT2D eigenvalue weighted by molar-refractivity contribution is 0.296.